The van der Waals surface area contributed by atoms with Gasteiger partial charge in [0.25, 0.3) is 0 Å². The van der Waals surface area contributed by atoms with E-state index >= 15 is 0 Å². The number of benzene rings is 1. The second kappa shape index (κ2) is 5.88. The predicted octanol–water partition coefficient (Wildman–Crippen LogP) is 5.52. The molecule has 4 heteroatoms. The highest BCUT2D eigenvalue weighted by atomic mass is 16.3. The fourth-order valence-corrected chi connectivity index (χ4v) is 4.99. The SMILES string of the molecule is Cc1ccc2c(oc3ncc4c(c32)C(C)(C)CCC4(C)C)c1-c1cncc[n+]1C. The summed E-state index contributed by atoms with van der Waals surface area (Å²) in [5.74, 6) is 0. The van der Waals surface area contributed by atoms with Gasteiger partial charge in [0.15, 0.2) is 11.8 Å². The summed E-state index contributed by atoms with van der Waals surface area (Å²) in [5, 5.41) is 2.34. The van der Waals surface area contributed by atoms with E-state index in [4.69, 9.17) is 9.40 Å². The topological polar surface area (TPSA) is 42.8 Å². The molecule has 3 aromatic heterocycles. The monoisotopic (exact) mass is 386 g/mol. The molecule has 0 bridgehead atoms. The van der Waals surface area contributed by atoms with Crippen molar-refractivity contribution in [1.29, 1.82) is 0 Å². The van der Waals surface area contributed by atoms with Crippen LogP contribution in [-0.4, -0.2) is 9.97 Å². The quantitative estimate of drug-likeness (QED) is 0.404. The van der Waals surface area contributed by atoms with Gasteiger partial charge in [-0.1, -0.05) is 39.8 Å². The smallest absolute Gasteiger partial charge is 0.234 e. The van der Waals surface area contributed by atoms with Crippen LogP contribution in [0.5, 0.6) is 0 Å². The molecule has 1 aromatic carbocycles. The Kier molecular flexibility index (Phi) is 3.71. The number of aryl methyl sites for hydroxylation is 2. The first-order chi connectivity index (χ1) is 13.7. The third-order valence-electron chi connectivity index (χ3n) is 6.87. The van der Waals surface area contributed by atoms with E-state index in [0.717, 1.165) is 34.4 Å². The molecular weight excluding hydrogens is 358 g/mol. The Labute approximate surface area is 171 Å². The summed E-state index contributed by atoms with van der Waals surface area (Å²) in [6.45, 7) is 11.5. The highest BCUT2D eigenvalue weighted by Gasteiger charge is 2.40. The molecule has 0 amide bonds. The Hall–Kier alpha value is -2.75. The fourth-order valence-electron chi connectivity index (χ4n) is 4.99. The van der Waals surface area contributed by atoms with E-state index in [0.29, 0.717) is 0 Å². The van der Waals surface area contributed by atoms with Crippen LogP contribution in [0.4, 0.5) is 0 Å². The molecule has 0 aliphatic heterocycles. The molecule has 0 atom stereocenters. The van der Waals surface area contributed by atoms with Crippen molar-refractivity contribution in [3.05, 3.63) is 53.6 Å². The van der Waals surface area contributed by atoms with Gasteiger partial charge in [0.05, 0.1) is 23.3 Å². The first-order valence-electron chi connectivity index (χ1n) is 10.4. The Morgan fingerprint density at radius 1 is 1.03 bits per heavy atom. The van der Waals surface area contributed by atoms with Gasteiger partial charge in [0.1, 0.15) is 7.05 Å². The predicted molar refractivity (Wildman–Crippen MR) is 116 cm³/mol. The van der Waals surface area contributed by atoms with Crippen LogP contribution in [0, 0.1) is 6.92 Å². The van der Waals surface area contributed by atoms with Gasteiger partial charge in [-0.15, -0.1) is 0 Å². The van der Waals surface area contributed by atoms with Crippen molar-refractivity contribution in [3.8, 4) is 11.3 Å². The number of rotatable bonds is 1. The van der Waals surface area contributed by atoms with Crippen LogP contribution in [-0.2, 0) is 17.9 Å². The molecule has 0 radical (unpaired) electrons. The molecule has 4 aromatic rings. The molecule has 0 unspecified atom stereocenters. The number of nitrogens with zero attached hydrogens (tertiary/aromatic N) is 3. The number of fused-ring (bicyclic) bond motifs is 5. The normalized spacial score (nSPS) is 17.6. The third-order valence-corrected chi connectivity index (χ3v) is 6.87. The Morgan fingerprint density at radius 2 is 1.79 bits per heavy atom. The third kappa shape index (κ3) is 2.54. The van der Waals surface area contributed by atoms with Crippen LogP contribution in [0.2, 0.25) is 0 Å². The van der Waals surface area contributed by atoms with Crippen molar-refractivity contribution in [2.24, 2.45) is 7.05 Å². The van der Waals surface area contributed by atoms with Crippen LogP contribution < -0.4 is 4.57 Å². The standard InChI is InChI=1S/C25H28N3O/c1-15-7-8-16-20-21-17(24(2,3)9-10-25(21,4)5)13-27-23(20)29-22(16)19(15)18-14-26-11-12-28(18)6/h7-8,11-14H,9-10H2,1-6H3/q+1. The minimum atomic E-state index is 0.0901. The minimum Gasteiger partial charge on any atom is -0.437 e. The lowest BCUT2D eigenvalue weighted by Gasteiger charge is -2.41. The van der Waals surface area contributed by atoms with E-state index < -0.39 is 0 Å². The largest absolute Gasteiger partial charge is 0.437 e. The molecule has 0 saturated heterocycles. The van der Waals surface area contributed by atoms with Gasteiger partial charge < -0.3 is 4.42 Å². The molecule has 0 fully saturated rings. The average Bonchev–Trinajstić information content (AvgIpc) is 3.04. The van der Waals surface area contributed by atoms with Gasteiger partial charge in [0.2, 0.25) is 11.4 Å². The maximum absolute atomic E-state index is 6.45. The van der Waals surface area contributed by atoms with Crippen LogP contribution in [0.1, 0.15) is 57.2 Å². The first-order valence-corrected chi connectivity index (χ1v) is 10.4. The molecule has 0 N–H and O–H groups in total. The number of pyridine rings is 1. The van der Waals surface area contributed by atoms with Gasteiger partial charge in [-0.25, -0.2) is 4.98 Å². The summed E-state index contributed by atoms with van der Waals surface area (Å²) >= 11 is 0. The van der Waals surface area contributed by atoms with Gasteiger partial charge in [0, 0.05) is 11.6 Å². The van der Waals surface area contributed by atoms with E-state index in [1.165, 1.54) is 28.5 Å². The average molecular weight is 387 g/mol. The van der Waals surface area contributed by atoms with Gasteiger partial charge >= 0.3 is 0 Å². The van der Waals surface area contributed by atoms with Crippen LogP contribution in [0.25, 0.3) is 33.3 Å². The van der Waals surface area contributed by atoms with E-state index in [1.54, 1.807) is 6.20 Å². The Bertz CT molecular complexity index is 1280. The molecule has 29 heavy (non-hydrogen) atoms. The lowest BCUT2D eigenvalue weighted by molar-refractivity contribution is -0.660. The molecule has 5 rings (SSSR count). The van der Waals surface area contributed by atoms with E-state index in [1.807, 2.05) is 19.4 Å². The maximum atomic E-state index is 6.45. The van der Waals surface area contributed by atoms with E-state index in [9.17, 15) is 0 Å². The van der Waals surface area contributed by atoms with Crippen LogP contribution in [0.15, 0.2) is 41.3 Å². The highest BCUT2D eigenvalue weighted by molar-refractivity contribution is 6.10. The summed E-state index contributed by atoms with van der Waals surface area (Å²) in [6.07, 6.45) is 10.1. The second-order valence-electron chi connectivity index (χ2n) is 9.80. The summed E-state index contributed by atoms with van der Waals surface area (Å²) in [7, 11) is 2.05. The minimum absolute atomic E-state index is 0.0901. The molecule has 1 aliphatic carbocycles. The maximum Gasteiger partial charge on any atom is 0.234 e. The zero-order valence-electron chi connectivity index (χ0n) is 18.1. The van der Waals surface area contributed by atoms with Gasteiger partial charge in [-0.2, -0.15) is 4.57 Å². The molecule has 4 nitrogen and oxygen atoms in total. The van der Waals surface area contributed by atoms with E-state index in [-0.39, 0.29) is 10.8 Å². The van der Waals surface area contributed by atoms with Gasteiger partial charge in [-0.3, -0.25) is 4.98 Å². The summed E-state index contributed by atoms with van der Waals surface area (Å²) in [5.41, 5.74) is 7.94. The van der Waals surface area contributed by atoms with Crippen molar-refractivity contribution >= 4 is 22.1 Å². The fraction of sp³-hybridized carbons (Fsp3) is 0.400. The number of aromatic nitrogens is 3. The summed E-state index contributed by atoms with van der Waals surface area (Å²) in [4.78, 5) is 9.15. The van der Waals surface area contributed by atoms with Crippen molar-refractivity contribution in [2.75, 3.05) is 0 Å². The zero-order chi connectivity index (χ0) is 20.6. The lowest BCUT2D eigenvalue weighted by atomic mass is 9.63. The second-order valence-corrected chi connectivity index (χ2v) is 9.80. The lowest BCUT2D eigenvalue weighted by Crippen LogP contribution is -2.34. The van der Waals surface area contributed by atoms with Gasteiger partial charge in [-0.05, 0) is 47.3 Å². The molecule has 1 aliphatic rings. The van der Waals surface area contributed by atoms with E-state index in [2.05, 4.69) is 62.5 Å². The Morgan fingerprint density at radius 3 is 2.55 bits per heavy atom. The Balaban J connectivity index is 1.95. The van der Waals surface area contributed by atoms with Crippen molar-refractivity contribution in [1.82, 2.24) is 9.97 Å². The van der Waals surface area contributed by atoms with Crippen molar-refractivity contribution < 1.29 is 8.98 Å². The highest BCUT2D eigenvalue weighted by Crippen LogP contribution is 2.50. The summed E-state index contributed by atoms with van der Waals surface area (Å²) in [6, 6.07) is 4.40. The molecule has 148 valence electrons. The van der Waals surface area contributed by atoms with Crippen LogP contribution >= 0.6 is 0 Å². The first kappa shape index (κ1) is 18.3. The number of hydrogen-bond donors (Lipinski definition) is 0. The zero-order valence-corrected chi connectivity index (χ0v) is 18.1. The number of furan rings is 1. The van der Waals surface area contributed by atoms with Crippen molar-refractivity contribution in [3.63, 3.8) is 0 Å². The number of hydrogen-bond acceptors (Lipinski definition) is 3. The van der Waals surface area contributed by atoms with Crippen molar-refractivity contribution in [2.45, 2.75) is 58.3 Å². The van der Waals surface area contributed by atoms with Crippen LogP contribution in [0.3, 0.4) is 0 Å². The molecule has 0 spiro atoms. The molecule has 3 heterocycles. The molecule has 0 saturated carbocycles. The summed E-state index contributed by atoms with van der Waals surface area (Å²) < 4.78 is 8.54. The molecular formula is C25H28N3O+.